The zero-order chi connectivity index (χ0) is 19.1. The minimum atomic E-state index is -1.13. The number of esters is 1. The largest absolute Gasteiger partial charge is 0.508 e. The van der Waals surface area contributed by atoms with E-state index in [9.17, 15) is 19.5 Å². The van der Waals surface area contributed by atoms with Crippen molar-refractivity contribution >= 4 is 17.8 Å². The zero-order valence-electron chi connectivity index (χ0n) is 14.1. The Hall–Kier alpha value is -3.35. The summed E-state index contributed by atoms with van der Waals surface area (Å²) in [7, 11) is 0. The topological polar surface area (TPSA) is 113 Å². The normalized spacial score (nSPS) is 11.4. The summed E-state index contributed by atoms with van der Waals surface area (Å²) in [5.41, 5.74) is 0.825. The van der Waals surface area contributed by atoms with Gasteiger partial charge in [0.1, 0.15) is 5.75 Å². The molecule has 0 spiro atoms. The van der Waals surface area contributed by atoms with Crippen LogP contribution in [0.4, 0.5) is 0 Å². The molecule has 2 rings (SSSR count). The number of carbonyl (C=O) groups is 3. The molecule has 0 aliphatic rings. The first-order valence-electron chi connectivity index (χ1n) is 7.98. The molecule has 0 radical (unpaired) electrons. The summed E-state index contributed by atoms with van der Waals surface area (Å²) in [6.45, 7) is 1.76. The third-order valence-electron chi connectivity index (χ3n) is 3.61. The van der Waals surface area contributed by atoms with Gasteiger partial charge < -0.3 is 20.3 Å². The van der Waals surface area contributed by atoms with Crippen LogP contribution in [0.2, 0.25) is 0 Å². The molecule has 2 aromatic rings. The lowest BCUT2D eigenvalue weighted by Gasteiger charge is -2.19. The molecule has 0 heterocycles. The van der Waals surface area contributed by atoms with Gasteiger partial charge in [-0.2, -0.15) is 0 Å². The number of aromatic hydroxyl groups is 1. The molecule has 7 heteroatoms. The predicted octanol–water partition coefficient (Wildman–Crippen LogP) is 2.05. The van der Waals surface area contributed by atoms with Crippen LogP contribution in [0.15, 0.2) is 48.5 Å². The first kappa shape index (κ1) is 19.0. The second-order valence-corrected chi connectivity index (χ2v) is 5.48. The summed E-state index contributed by atoms with van der Waals surface area (Å²) in [6.07, 6.45) is -0.415. The number of aliphatic carboxylic acids is 1. The Labute approximate surface area is 150 Å². The van der Waals surface area contributed by atoms with E-state index in [0.717, 1.165) is 0 Å². The fourth-order valence-electron chi connectivity index (χ4n) is 2.40. The minimum Gasteiger partial charge on any atom is -0.508 e. The average Bonchev–Trinajstić information content (AvgIpc) is 2.62. The van der Waals surface area contributed by atoms with E-state index in [1.165, 1.54) is 18.2 Å². The third-order valence-corrected chi connectivity index (χ3v) is 3.61. The first-order valence-corrected chi connectivity index (χ1v) is 7.98. The van der Waals surface area contributed by atoms with Gasteiger partial charge in [-0.1, -0.05) is 24.3 Å². The van der Waals surface area contributed by atoms with Crippen LogP contribution >= 0.6 is 0 Å². The quantitative estimate of drug-likeness (QED) is 0.654. The number of carboxylic acids is 1. The molecule has 0 saturated carbocycles. The van der Waals surface area contributed by atoms with E-state index in [4.69, 9.17) is 9.84 Å². The van der Waals surface area contributed by atoms with Gasteiger partial charge in [-0.3, -0.25) is 9.59 Å². The van der Waals surface area contributed by atoms with Gasteiger partial charge in [0.2, 0.25) is 0 Å². The molecule has 136 valence electrons. The molecule has 1 unspecified atom stereocenters. The number of hydrogen-bond acceptors (Lipinski definition) is 5. The Bertz CT molecular complexity index is 803. The Balaban J connectivity index is 2.34. The summed E-state index contributed by atoms with van der Waals surface area (Å²) < 4.78 is 5.01. The molecule has 3 N–H and O–H groups in total. The lowest BCUT2D eigenvalue weighted by Crippen LogP contribution is -2.35. The molecule has 0 bridgehead atoms. The van der Waals surface area contributed by atoms with Crippen LogP contribution < -0.4 is 5.32 Å². The van der Waals surface area contributed by atoms with E-state index >= 15 is 0 Å². The molecule has 1 atom stereocenters. The van der Waals surface area contributed by atoms with Gasteiger partial charge in [0.15, 0.2) is 6.04 Å². The number of amides is 1. The van der Waals surface area contributed by atoms with E-state index in [1.807, 2.05) is 0 Å². The summed E-state index contributed by atoms with van der Waals surface area (Å²) in [5, 5.41) is 21.3. The third kappa shape index (κ3) is 4.83. The van der Waals surface area contributed by atoms with Crippen LogP contribution in [0.5, 0.6) is 5.75 Å². The first-order chi connectivity index (χ1) is 12.4. The predicted molar refractivity (Wildman–Crippen MR) is 92.7 cm³/mol. The molecule has 0 saturated heterocycles. The van der Waals surface area contributed by atoms with E-state index < -0.39 is 30.3 Å². The number of phenolic OH excluding ortho intramolecular Hbond substituents is 1. The van der Waals surface area contributed by atoms with Crippen LogP contribution in [0.3, 0.4) is 0 Å². The van der Waals surface area contributed by atoms with Gasteiger partial charge in [-0.15, -0.1) is 0 Å². The molecule has 2 aromatic carbocycles. The van der Waals surface area contributed by atoms with E-state index in [1.54, 1.807) is 37.3 Å². The maximum absolute atomic E-state index is 12.4. The van der Waals surface area contributed by atoms with Crippen LogP contribution in [-0.4, -0.2) is 34.7 Å². The van der Waals surface area contributed by atoms with Crippen molar-refractivity contribution in [3.8, 4) is 5.75 Å². The summed E-state index contributed by atoms with van der Waals surface area (Å²) in [6, 6.07) is 11.3. The number of ether oxygens (including phenoxy) is 1. The van der Waals surface area contributed by atoms with Crippen molar-refractivity contribution in [3.63, 3.8) is 0 Å². The van der Waals surface area contributed by atoms with Gasteiger partial charge in [0.05, 0.1) is 13.0 Å². The minimum absolute atomic E-state index is 0.122. The summed E-state index contributed by atoms with van der Waals surface area (Å²) >= 11 is 0. The maximum Gasteiger partial charge on any atom is 0.333 e. The lowest BCUT2D eigenvalue weighted by atomic mass is 10.0. The van der Waals surface area contributed by atoms with Crippen LogP contribution in [0.25, 0.3) is 0 Å². The molecule has 26 heavy (non-hydrogen) atoms. The Morgan fingerprint density at radius 3 is 2.42 bits per heavy atom. The second kappa shape index (κ2) is 8.66. The molecule has 0 aliphatic carbocycles. The van der Waals surface area contributed by atoms with Crippen molar-refractivity contribution < 1.29 is 29.3 Å². The maximum atomic E-state index is 12.4. The smallest absolute Gasteiger partial charge is 0.333 e. The molecule has 0 aromatic heterocycles. The standard InChI is InChI=1S/C19H19NO6/c1-2-26-19(25)17(20-18(24)12-6-4-3-5-7-12)13-8-9-15(21)14(10-13)11-16(22)23/h3-10,17,21H,2,11H2,1H3,(H,20,24)(H,22,23). The highest BCUT2D eigenvalue weighted by molar-refractivity contribution is 5.97. The highest BCUT2D eigenvalue weighted by Crippen LogP contribution is 2.24. The highest BCUT2D eigenvalue weighted by Gasteiger charge is 2.25. The number of phenols is 1. The average molecular weight is 357 g/mol. The molecular weight excluding hydrogens is 338 g/mol. The molecule has 0 aliphatic heterocycles. The van der Waals surface area contributed by atoms with Crippen molar-refractivity contribution in [1.29, 1.82) is 0 Å². The zero-order valence-corrected chi connectivity index (χ0v) is 14.1. The summed E-state index contributed by atoms with van der Waals surface area (Å²) in [5.74, 6) is -2.48. The van der Waals surface area contributed by atoms with Crippen LogP contribution in [-0.2, 0) is 20.7 Å². The highest BCUT2D eigenvalue weighted by atomic mass is 16.5. The van der Waals surface area contributed by atoms with Crippen LogP contribution in [0, 0.1) is 0 Å². The van der Waals surface area contributed by atoms with Gasteiger partial charge in [-0.25, -0.2) is 4.79 Å². The van der Waals surface area contributed by atoms with Crippen LogP contribution in [0.1, 0.15) is 34.5 Å². The lowest BCUT2D eigenvalue weighted by molar-refractivity contribution is -0.145. The van der Waals surface area contributed by atoms with Crippen molar-refractivity contribution in [2.75, 3.05) is 6.61 Å². The SMILES string of the molecule is CCOC(=O)C(NC(=O)c1ccccc1)c1ccc(O)c(CC(=O)O)c1. The van der Waals surface area contributed by atoms with Gasteiger partial charge in [0, 0.05) is 11.1 Å². The molecular formula is C19H19NO6. The Morgan fingerprint density at radius 1 is 1.12 bits per heavy atom. The van der Waals surface area contributed by atoms with Gasteiger partial charge in [0.25, 0.3) is 5.91 Å². The monoisotopic (exact) mass is 357 g/mol. The van der Waals surface area contributed by atoms with Crippen molar-refractivity contribution in [2.24, 2.45) is 0 Å². The summed E-state index contributed by atoms with van der Waals surface area (Å²) in [4.78, 5) is 35.6. The number of benzene rings is 2. The Kier molecular flexibility index (Phi) is 6.32. The number of carbonyl (C=O) groups excluding carboxylic acids is 2. The Morgan fingerprint density at radius 2 is 1.81 bits per heavy atom. The van der Waals surface area contributed by atoms with E-state index in [-0.39, 0.29) is 17.9 Å². The molecule has 0 fully saturated rings. The van der Waals surface area contributed by atoms with E-state index in [2.05, 4.69) is 5.32 Å². The number of carboxylic acid groups (broad SMARTS) is 1. The molecule has 7 nitrogen and oxygen atoms in total. The fraction of sp³-hybridized carbons (Fsp3) is 0.211. The number of rotatable bonds is 7. The fourth-order valence-corrected chi connectivity index (χ4v) is 2.40. The van der Waals surface area contributed by atoms with Gasteiger partial charge in [-0.05, 0) is 36.8 Å². The van der Waals surface area contributed by atoms with Gasteiger partial charge >= 0.3 is 11.9 Å². The van der Waals surface area contributed by atoms with Crippen molar-refractivity contribution in [1.82, 2.24) is 5.32 Å². The molecule has 1 amide bonds. The van der Waals surface area contributed by atoms with Crippen molar-refractivity contribution in [2.45, 2.75) is 19.4 Å². The number of nitrogens with one attached hydrogen (secondary N) is 1. The second-order valence-electron chi connectivity index (χ2n) is 5.48. The number of hydrogen-bond donors (Lipinski definition) is 3. The van der Waals surface area contributed by atoms with Crippen molar-refractivity contribution in [3.05, 3.63) is 65.2 Å². The van der Waals surface area contributed by atoms with E-state index in [0.29, 0.717) is 11.1 Å².